The fraction of sp³-hybridized carbons (Fsp3) is 0.700. The highest BCUT2D eigenvalue weighted by atomic mass is 16.1. The number of hydrogen-bond acceptors (Lipinski definition) is 2. The van der Waals surface area contributed by atoms with Crippen molar-refractivity contribution in [3.63, 3.8) is 0 Å². The molecule has 122 valence electrons. The molecule has 0 radical (unpaired) electrons. The summed E-state index contributed by atoms with van der Waals surface area (Å²) in [5.74, 6) is 1.58. The van der Waals surface area contributed by atoms with E-state index in [2.05, 4.69) is 39.8 Å². The lowest BCUT2D eigenvalue weighted by molar-refractivity contribution is -0.135. The molecule has 0 fully saturated rings. The summed E-state index contributed by atoms with van der Waals surface area (Å²) < 4.78 is 0. The molecule has 22 heavy (non-hydrogen) atoms. The molecule has 4 atom stereocenters. The van der Waals surface area contributed by atoms with E-state index in [-0.39, 0.29) is 35.2 Å². The summed E-state index contributed by atoms with van der Waals surface area (Å²) in [6.07, 6.45) is 6.00. The molecular formula is C20H30O2. The average Bonchev–Trinajstić information content (AvgIpc) is 2.44. The van der Waals surface area contributed by atoms with Crippen LogP contribution in [0.5, 0.6) is 0 Å². The first-order valence-electron chi connectivity index (χ1n) is 8.67. The molecule has 0 unspecified atom stereocenters. The van der Waals surface area contributed by atoms with E-state index in [1.165, 1.54) is 0 Å². The van der Waals surface area contributed by atoms with Gasteiger partial charge < -0.3 is 0 Å². The second-order valence-electron chi connectivity index (χ2n) is 7.84. The third-order valence-electron chi connectivity index (χ3n) is 5.80. The zero-order valence-electron chi connectivity index (χ0n) is 14.8. The van der Waals surface area contributed by atoms with Crippen molar-refractivity contribution in [3.8, 4) is 0 Å². The zero-order chi connectivity index (χ0) is 16.6. The zero-order valence-corrected chi connectivity index (χ0v) is 14.8. The molecule has 2 aliphatic rings. The molecule has 0 aromatic carbocycles. The van der Waals surface area contributed by atoms with Gasteiger partial charge in [0.25, 0.3) is 0 Å². The summed E-state index contributed by atoms with van der Waals surface area (Å²) >= 11 is 0. The van der Waals surface area contributed by atoms with Gasteiger partial charge in [0.2, 0.25) is 0 Å². The number of Topliss-reactive ketones (excluding diaryl/α,β-unsaturated/α-hetero) is 2. The summed E-state index contributed by atoms with van der Waals surface area (Å²) in [5, 5.41) is 0. The molecule has 0 saturated carbocycles. The van der Waals surface area contributed by atoms with Crippen molar-refractivity contribution in [3.05, 3.63) is 23.3 Å². The van der Waals surface area contributed by atoms with Crippen LogP contribution in [0.2, 0.25) is 0 Å². The SMILES string of the molecule is CC1=CC[C@@H](C(C)C)[C@H]([C@@H]2C(=O)C(C)=CC[C@H]2C(C)C)C1=O. The van der Waals surface area contributed by atoms with Crippen LogP contribution >= 0.6 is 0 Å². The molecule has 2 nitrogen and oxygen atoms in total. The standard InChI is InChI=1S/C20H30O2/c1-11(2)15-9-7-13(5)19(21)17(15)18-16(12(3)4)10-8-14(6)20(18)22/h7-8,11-12,15-18H,9-10H2,1-6H3/t15-,16-,17+,18+/m0/s1. The van der Waals surface area contributed by atoms with Crippen LogP contribution in [-0.2, 0) is 9.59 Å². The van der Waals surface area contributed by atoms with Gasteiger partial charge in [-0.2, -0.15) is 0 Å². The molecule has 0 spiro atoms. The van der Waals surface area contributed by atoms with Gasteiger partial charge in [-0.1, -0.05) is 39.8 Å². The summed E-state index contributed by atoms with van der Waals surface area (Å²) in [5.41, 5.74) is 1.70. The van der Waals surface area contributed by atoms with E-state index in [4.69, 9.17) is 0 Å². The van der Waals surface area contributed by atoms with Gasteiger partial charge in [0.1, 0.15) is 0 Å². The maximum absolute atomic E-state index is 12.9. The second kappa shape index (κ2) is 6.52. The minimum absolute atomic E-state index is 0.131. The Bertz CT molecular complexity index is 474. The molecule has 2 heteroatoms. The van der Waals surface area contributed by atoms with Crippen molar-refractivity contribution in [2.75, 3.05) is 0 Å². The van der Waals surface area contributed by atoms with Crippen molar-refractivity contribution in [1.82, 2.24) is 0 Å². The predicted molar refractivity (Wildman–Crippen MR) is 90.4 cm³/mol. The van der Waals surface area contributed by atoms with Gasteiger partial charge in [0.15, 0.2) is 11.6 Å². The first kappa shape index (κ1) is 17.2. The quantitative estimate of drug-likeness (QED) is 0.763. The van der Waals surface area contributed by atoms with E-state index in [1.54, 1.807) is 0 Å². The van der Waals surface area contributed by atoms with E-state index in [0.717, 1.165) is 24.0 Å². The summed E-state index contributed by atoms with van der Waals surface area (Å²) in [7, 11) is 0. The molecule has 0 saturated heterocycles. The minimum atomic E-state index is -0.131. The van der Waals surface area contributed by atoms with Crippen molar-refractivity contribution < 1.29 is 9.59 Å². The fourth-order valence-corrected chi connectivity index (χ4v) is 4.27. The largest absolute Gasteiger partial charge is 0.294 e. The van der Waals surface area contributed by atoms with Crippen LogP contribution in [0.3, 0.4) is 0 Å². The lowest BCUT2D eigenvalue weighted by Crippen LogP contribution is -2.46. The van der Waals surface area contributed by atoms with Crippen LogP contribution in [0.25, 0.3) is 0 Å². The molecule has 0 heterocycles. The Morgan fingerprint density at radius 2 is 1.09 bits per heavy atom. The Kier molecular flexibility index (Phi) is 5.09. The molecule has 2 rings (SSSR count). The van der Waals surface area contributed by atoms with Crippen LogP contribution in [0, 0.1) is 35.5 Å². The molecule has 0 amide bonds. The van der Waals surface area contributed by atoms with Gasteiger partial charge >= 0.3 is 0 Å². The van der Waals surface area contributed by atoms with Gasteiger partial charge in [-0.3, -0.25) is 9.59 Å². The van der Waals surface area contributed by atoms with E-state index in [0.29, 0.717) is 11.8 Å². The minimum Gasteiger partial charge on any atom is -0.294 e. The number of rotatable bonds is 3. The Labute approximate surface area is 135 Å². The highest BCUT2D eigenvalue weighted by Gasteiger charge is 2.47. The van der Waals surface area contributed by atoms with Crippen LogP contribution in [0.1, 0.15) is 54.4 Å². The van der Waals surface area contributed by atoms with E-state index in [9.17, 15) is 9.59 Å². The topological polar surface area (TPSA) is 34.1 Å². The Morgan fingerprint density at radius 3 is 1.36 bits per heavy atom. The van der Waals surface area contributed by atoms with Crippen LogP contribution in [0.4, 0.5) is 0 Å². The van der Waals surface area contributed by atoms with Gasteiger partial charge in [0.05, 0.1) is 0 Å². The third-order valence-corrected chi connectivity index (χ3v) is 5.80. The average molecular weight is 302 g/mol. The lowest BCUT2D eigenvalue weighted by Gasteiger charge is -2.42. The van der Waals surface area contributed by atoms with Crippen molar-refractivity contribution in [1.29, 1.82) is 0 Å². The van der Waals surface area contributed by atoms with E-state index >= 15 is 0 Å². The number of allylic oxidation sites excluding steroid dienone is 4. The molecule has 0 aliphatic heterocycles. The molecular weight excluding hydrogens is 272 g/mol. The number of carbonyl (C=O) groups is 2. The first-order valence-corrected chi connectivity index (χ1v) is 8.67. The lowest BCUT2D eigenvalue weighted by atomic mass is 9.59. The Hall–Kier alpha value is -1.18. The molecule has 2 aliphatic carbocycles. The highest BCUT2D eigenvalue weighted by molar-refractivity contribution is 6.05. The Balaban J connectivity index is 2.47. The molecule has 0 N–H and O–H groups in total. The van der Waals surface area contributed by atoms with E-state index in [1.807, 2.05) is 13.8 Å². The third kappa shape index (κ3) is 2.98. The number of carbonyl (C=O) groups excluding carboxylic acids is 2. The van der Waals surface area contributed by atoms with Gasteiger partial charge in [0, 0.05) is 11.8 Å². The van der Waals surface area contributed by atoms with Crippen LogP contribution < -0.4 is 0 Å². The summed E-state index contributed by atoms with van der Waals surface area (Å²) in [6, 6.07) is 0. The van der Waals surface area contributed by atoms with E-state index < -0.39 is 0 Å². The molecule has 0 aromatic heterocycles. The predicted octanol–water partition coefficient (Wildman–Crippen LogP) is 4.60. The summed E-state index contributed by atoms with van der Waals surface area (Å²) in [4.78, 5) is 25.8. The number of ketones is 2. The Morgan fingerprint density at radius 1 is 0.773 bits per heavy atom. The van der Waals surface area contributed by atoms with Crippen LogP contribution in [0.15, 0.2) is 23.3 Å². The molecule has 0 bridgehead atoms. The monoisotopic (exact) mass is 302 g/mol. The maximum Gasteiger partial charge on any atom is 0.162 e. The van der Waals surface area contributed by atoms with Crippen LogP contribution in [-0.4, -0.2) is 11.6 Å². The van der Waals surface area contributed by atoms with Gasteiger partial charge in [-0.25, -0.2) is 0 Å². The van der Waals surface area contributed by atoms with Crippen molar-refractivity contribution in [2.24, 2.45) is 35.5 Å². The first-order chi connectivity index (χ1) is 10.3. The normalized spacial score (nSPS) is 33.3. The van der Waals surface area contributed by atoms with Crippen molar-refractivity contribution >= 4 is 11.6 Å². The highest BCUT2D eigenvalue weighted by Crippen LogP contribution is 2.45. The smallest absolute Gasteiger partial charge is 0.162 e. The maximum atomic E-state index is 12.9. The van der Waals surface area contributed by atoms with Crippen molar-refractivity contribution in [2.45, 2.75) is 54.4 Å². The van der Waals surface area contributed by atoms with Gasteiger partial charge in [-0.15, -0.1) is 0 Å². The number of hydrogen-bond donors (Lipinski definition) is 0. The van der Waals surface area contributed by atoms with Gasteiger partial charge in [-0.05, 0) is 61.5 Å². The summed E-state index contributed by atoms with van der Waals surface area (Å²) in [6.45, 7) is 12.5. The fourth-order valence-electron chi connectivity index (χ4n) is 4.27. The second-order valence-corrected chi connectivity index (χ2v) is 7.84. The molecule has 0 aromatic rings.